The van der Waals surface area contributed by atoms with E-state index in [0.29, 0.717) is 17.3 Å². The minimum absolute atomic E-state index is 0.208. The number of benzene rings is 1. The fourth-order valence-electron chi connectivity index (χ4n) is 2.02. The van der Waals surface area contributed by atoms with Gasteiger partial charge in [-0.1, -0.05) is 37.6 Å². The van der Waals surface area contributed by atoms with E-state index < -0.39 is 5.54 Å². The molecule has 3 N–H and O–H groups in total. The van der Waals surface area contributed by atoms with E-state index in [4.69, 9.17) is 21.8 Å². The van der Waals surface area contributed by atoms with Gasteiger partial charge in [0.2, 0.25) is 0 Å². The van der Waals surface area contributed by atoms with Gasteiger partial charge in [-0.25, -0.2) is 0 Å². The lowest BCUT2D eigenvalue weighted by molar-refractivity contribution is 0.0855. The molecule has 0 saturated heterocycles. The number of carbonyl (C=O) groups excluding carboxylic acids is 1. The lowest BCUT2D eigenvalue weighted by Gasteiger charge is -2.33. The Morgan fingerprint density at radius 1 is 1.32 bits per heavy atom. The van der Waals surface area contributed by atoms with E-state index in [2.05, 4.69) is 5.32 Å². The van der Waals surface area contributed by atoms with Crippen molar-refractivity contribution >= 4 is 17.5 Å². The average Bonchev–Trinajstić information content (AvgIpc) is 2.97. The van der Waals surface area contributed by atoms with Gasteiger partial charge in [0.15, 0.2) is 5.76 Å². The Balaban J connectivity index is 2.22. The first-order valence-electron chi connectivity index (χ1n) is 7.24. The molecule has 0 aliphatic heterocycles. The van der Waals surface area contributed by atoms with Crippen LogP contribution >= 0.6 is 11.6 Å². The number of amides is 1. The van der Waals surface area contributed by atoms with Gasteiger partial charge in [0.05, 0.1) is 10.6 Å². The quantitative estimate of drug-likeness (QED) is 0.882. The smallest absolute Gasteiger partial charge is 0.287 e. The molecular formula is C17H21ClN2O2. The van der Waals surface area contributed by atoms with Crippen molar-refractivity contribution in [2.45, 2.75) is 26.3 Å². The zero-order valence-corrected chi connectivity index (χ0v) is 13.8. The Hall–Kier alpha value is -1.78. The third-order valence-electron chi connectivity index (χ3n) is 4.07. The maximum atomic E-state index is 12.4. The third-order valence-corrected chi connectivity index (χ3v) is 4.40. The van der Waals surface area contributed by atoms with Crippen LogP contribution in [0.15, 0.2) is 40.8 Å². The number of halogens is 1. The molecule has 0 bridgehead atoms. The molecular weight excluding hydrogens is 300 g/mol. The topological polar surface area (TPSA) is 68.3 Å². The molecule has 1 atom stereocenters. The van der Waals surface area contributed by atoms with Crippen molar-refractivity contribution in [3.05, 3.63) is 47.2 Å². The first kappa shape index (κ1) is 16.6. The Bertz CT molecular complexity index is 666. The van der Waals surface area contributed by atoms with E-state index in [9.17, 15) is 4.79 Å². The Morgan fingerprint density at radius 2 is 2.00 bits per heavy atom. The SMILES string of the molecule is CC(C)C(C)(CN)NC(=O)c1ccc(-c2ccccc2Cl)o1. The van der Waals surface area contributed by atoms with Gasteiger partial charge in [0, 0.05) is 12.1 Å². The maximum Gasteiger partial charge on any atom is 0.287 e. The van der Waals surface area contributed by atoms with Crippen molar-refractivity contribution in [3.8, 4) is 11.3 Å². The normalized spacial score (nSPS) is 13.9. The van der Waals surface area contributed by atoms with Gasteiger partial charge in [-0.3, -0.25) is 4.79 Å². The number of hydrogen-bond acceptors (Lipinski definition) is 3. The Morgan fingerprint density at radius 3 is 2.59 bits per heavy atom. The molecule has 0 aliphatic carbocycles. The van der Waals surface area contributed by atoms with Crippen molar-refractivity contribution in [2.24, 2.45) is 11.7 Å². The number of carbonyl (C=O) groups is 1. The number of rotatable bonds is 5. The molecule has 0 spiro atoms. The third kappa shape index (κ3) is 3.34. The molecule has 0 saturated carbocycles. The van der Waals surface area contributed by atoms with Gasteiger partial charge in [0.25, 0.3) is 5.91 Å². The predicted octanol–water partition coefficient (Wildman–Crippen LogP) is 3.70. The summed E-state index contributed by atoms with van der Waals surface area (Å²) in [4.78, 5) is 12.4. The summed E-state index contributed by atoms with van der Waals surface area (Å²) in [5.74, 6) is 0.740. The van der Waals surface area contributed by atoms with E-state index in [1.807, 2.05) is 39.0 Å². The van der Waals surface area contributed by atoms with Crippen molar-refractivity contribution in [2.75, 3.05) is 6.54 Å². The molecule has 22 heavy (non-hydrogen) atoms. The lowest BCUT2D eigenvalue weighted by atomic mass is 9.88. The summed E-state index contributed by atoms with van der Waals surface area (Å²) in [5, 5.41) is 3.53. The zero-order chi connectivity index (χ0) is 16.3. The molecule has 2 rings (SSSR count). The van der Waals surface area contributed by atoms with Crippen LogP contribution in [0.5, 0.6) is 0 Å². The van der Waals surface area contributed by atoms with Crippen LogP contribution in [0.3, 0.4) is 0 Å². The highest BCUT2D eigenvalue weighted by atomic mass is 35.5. The first-order chi connectivity index (χ1) is 10.4. The molecule has 1 aromatic heterocycles. The minimum atomic E-state index is -0.478. The second-order valence-corrected chi connectivity index (χ2v) is 6.28. The highest BCUT2D eigenvalue weighted by Crippen LogP contribution is 2.29. The Kier molecular flexibility index (Phi) is 4.94. The van der Waals surface area contributed by atoms with Crippen molar-refractivity contribution in [1.82, 2.24) is 5.32 Å². The monoisotopic (exact) mass is 320 g/mol. The molecule has 1 heterocycles. The van der Waals surface area contributed by atoms with Crippen LogP contribution in [-0.4, -0.2) is 18.0 Å². The Labute approximate surface area is 135 Å². The molecule has 118 valence electrons. The predicted molar refractivity (Wildman–Crippen MR) is 88.9 cm³/mol. The van der Waals surface area contributed by atoms with Gasteiger partial charge < -0.3 is 15.5 Å². The number of furan rings is 1. The van der Waals surface area contributed by atoms with Crippen LogP contribution < -0.4 is 11.1 Å². The fourth-order valence-corrected chi connectivity index (χ4v) is 2.25. The van der Waals surface area contributed by atoms with E-state index in [1.54, 1.807) is 18.2 Å². The van der Waals surface area contributed by atoms with Gasteiger partial charge >= 0.3 is 0 Å². The first-order valence-corrected chi connectivity index (χ1v) is 7.62. The summed E-state index contributed by atoms with van der Waals surface area (Å²) < 4.78 is 5.65. The van der Waals surface area contributed by atoms with Crippen LogP contribution in [0.25, 0.3) is 11.3 Å². The van der Waals surface area contributed by atoms with Crippen LogP contribution in [-0.2, 0) is 0 Å². The fraction of sp³-hybridized carbons (Fsp3) is 0.353. The van der Waals surface area contributed by atoms with Gasteiger partial charge in [-0.2, -0.15) is 0 Å². The van der Waals surface area contributed by atoms with Gasteiger partial charge in [-0.05, 0) is 37.1 Å². The maximum absolute atomic E-state index is 12.4. The summed E-state index contributed by atoms with van der Waals surface area (Å²) in [5.41, 5.74) is 6.07. The van der Waals surface area contributed by atoms with Gasteiger partial charge in [-0.15, -0.1) is 0 Å². The highest BCUT2D eigenvalue weighted by molar-refractivity contribution is 6.33. The molecule has 1 amide bonds. The number of nitrogens with two attached hydrogens (primary N) is 1. The van der Waals surface area contributed by atoms with E-state index in [-0.39, 0.29) is 17.6 Å². The summed E-state index contributed by atoms with van der Waals surface area (Å²) in [6, 6.07) is 10.7. The van der Waals surface area contributed by atoms with Crippen LogP contribution in [0.4, 0.5) is 0 Å². The summed E-state index contributed by atoms with van der Waals surface area (Å²) in [6.45, 7) is 6.32. The summed E-state index contributed by atoms with van der Waals surface area (Å²) in [6.07, 6.45) is 0. The zero-order valence-electron chi connectivity index (χ0n) is 13.0. The highest BCUT2D eigenvalue weighted by Gasteiger charge is 2.30. The second kappa shape index (κ2) is 6.55. The standard InChI is InChI=1S/C17H21ClN2O2/c1-11(2)17(3,10-19)20-16(21)15-9-8-14(22-15)12-6-4-5-7-13(12)18/h4-9,11H,10,19H2,1-3H3,(H,20,21). The number of hydrogen-bond donors (Lipinski definition) is 2. The van der Waals surface area contributed by atoms with E-state index in [1.165, 1.54) is 0 Å². The molecule has 4 nitrogen and oxygen atoms in total. The van der Waals surface area contributed by atoms with E-state index in [0.717, 1.165) is 5.56 Å². The van der Waals surface area contributed by atoms with Crippen LogP contribution in [0, 0.1) is 5.92 Å². The average molecular weight is 321 g/mol. The summed E-state index contributed by atoms with van der Waals surface area (Å²) in [7, 11) is 0. The molecule has 0 fully saturated rings. The van der Waals surface area contributed by atoms with Crippen molar-refractivity contribution < 1.29 is 9.21 Å². The molecule has 2 aromatic rings. The van der Waals surface area contributed by atoms with Crippen LogP contribution in [0.1, 0.15) is 31.3 Å². The molecule has 0 radical (unpaired) electrons. The molecule has 0 aliphatic rings. The molecule has 1 aromatic carbocycles. The van der Waals surface area contributed by atoms with Crippen LogP contribution in [0.2, 0.25) is 5.02 Å². The molecule has 5 heteroatoms. The molecule has 1 unspecified atom stereocenters. The summed E-state index contributed by atoms with van der Waals surface area (Å²) >= 11 is 6.14. The van der Waals surface area contributed by atoms with Crippen molar-refractivity contribution in [3.63, 3.8) is 0 Å². The second-order valence-electron chi connectivity index (χ2n) is 5.87. The van der Waals surface area contributed by atoms with E-state index >= 15 is 0 Å². The van der Waals surface area contributed by atoms with Gasteiger partial charge in [0.1, 0.15) is 5.76 Å². The number of nitrogens with one attached hydrogen (secondary N) is 1. The lowest BCUT2D eigenvalue weighted by Crippen LogP contribution is -2.54. The minimum Gasteiger partial charge on any atom is -0.451 e. The largest absolute Gasteiger partial charge is 0.451 e. The van der Waals surface area contributed by atoms with Crippen molar-refractivity contribution in [1.29, 1.82) is 0 Å².